The molecule has 0 aliphatic carbocycles. The predicted octanol–water partition coefficient (Wildman–Crippen LogP) is 2.75. The van der Waals surface area contributed by atoms with Crippen molar-refractivity contribution >= 4 is 5.71 Å². The number of halogens is 2. The van der Waals surface area contributed by atoms with Crippen LogP contribution in [0, 0.1) is 5.82 Å². The second kappa shape index (κ2) is 9.96. The Morgan fingerprint density at radius 2 is 1.55 bits per heavy atom. The molecule has 33 heavy (non-hydrogen) atoms. The monoisotopic (exact) mass is 467 g/mol. The molecular weight excluding hydrogens is 437 g/mol. The van der Waals surface area contributed by atoms with Gasteiger partial charge in [-0.1, -0.05) is 45.0 Å². The molecular formula is C28H31ClFNO2. The predicted molar refractivity (Wildman–Crippen MR) is 127 cm³/mol. The minimum atomic E-state index is -0.173. The van der Waals surface area contributed by atoms with E-state index in [1.54, 1.807) is 20.3 Å². The van der Waals surface area contributed by atoms with Gasteiger partial charge < -0.3 is 21.9 Å². The normalized spacial score (nSPS) is 13.3. The van der Waals surface area contributed by atoms with E-state index in [0.717, 1.165) is 35.6 Å². The molecule has 0 unspecified atom stereocenters. The van der Waals surface area contributed by atoms with Gasteiger partial charge in [0.05, 0.1) is 25.3 Å². The van der Waals surface area contributed by atoms with E-state index >= 15 is 0 Å². The summed E-state index contributed by atoms with van der Waals surface area (Å²) in [4.78, 5) is 0. The largest absolute Gasteiger partial charge is 1.00 e. The van der Waals surface area contributed by atoms with Crippen molar-refractivity contribution in [2.45, 2.75) is 39.2 Å². The van der Waals surface area contributed by atoms with Crippen molar-refractivity contribution in [2.24, 2.45) is 0 Å². The van der Waals surface area contributed by atoms with E-state index in [1.165, 1.54) is 17.2 Å². The molecule has 3 aromatic rings. The lowest BCUT2D eigenvalue weighted by atomic mass is 9.85. The molecule has 5 heteroatoms. The summed E-state index contributed by atoms with van der Waals surface area (Å²) >= 11 is 0. The molecule has 0 saturated carbocycles. The molecule has 174 valence electrons. The summed E-state index contributed by atoms with van der Waals surface area (Å²) in [5, 5.41) is 0. The van der Waals surface area contributed by atoms with Crippen molar-refractivity contribution in [1.82, 2.24) is 0 Å². The summed E-state index contributed by atoms with van der Waals surface area (Å²) in [6.45, 7) is 7.95. The summed E-state index contributed by atoms with van der Waals surface area (Å²) in [5.41, 5.74) is 6.58. The Hall–Kier alpha value is -2.85. The number of ether oxygens (including phenoxy) is 2. The van der Waals surface area contributed by atoms with Crippen molar-refractivity contribution in [1.29, 1.82) is 0 Å². The Morgan fingerprint density at radius 3 is 2.15 bits per heavy atom. The molecule has 3 nitrogen and oxygen atoms in total. The van der Waals surface area contributed by atoms with Gasteiger partial charge in [-0.3, -0.25) is 0 Å². The minimum Gasteiger partial charge on any atom is -1.00 e. The van der Waals surface area contributed by atoms with E-state index in [-0.39, 0.29) is 23.6 Å². The minimum absolute atomic E-state index is 0. The van der Waals surface area contributed by atoms with Crippen LogP contribution in [-0.2, 0) is 18.4 Å². The molecule has 0 atom stereocenters. The van der Waals surface area contributed by atoms with Crippen LogP contribution in [0.3, 0.4) is 0 Å². The molecule has 3 aromatic carbocycles. The molecule has 0 aromatic heterocycles. The number of methoxy groups -OCH3 is 2. The van der Waals surface area contributed by atoms with Gasteiger partial charge in [-0.05, 0) is 52.9 Å². The van der Waals surface area contributed by atoms with E-state index < -0.39 is 0 Å². The zero-order chi connectivity index (χ0) is 22.9. The number of rotatable bonds is 5. The number of hydrogen-bond acceptors (Lipinski definition) is 2. The topological polar surface area (TPSA) is 21.5 Å². The summed E-state index contributed by atoms with van der Waals surface area (Å²) in [7, 11) is 3.31. The Balaban J connectivity index is 0.00000306. The van der Waals surface area contributed by atoms with Crippen molar-refractivity contribution < 1.29 is 30.8 Å². The van der Waals surface area contributed by atoms with E-state index in [4.69, 9.17) is 9.47 Å². The second-order valence-corrected chi connectivity index (χ2v) is 9.30. The summed E-state index contributed by atoms with van der Waals surface area (Å²) in [5.74, 6) is 1.26. The molecule has 0 amide bonds. The van der Waals surface area contributed by atoms with Gasteiger partial charge in [0.25, 0.3) is 0 Å². The SMILES string of the molecule is COc1cc2c(cc1OC)C(c1ccc(C(C)(C)C)cc1)=[N+](Cc1ccccc1F)CC2.[Cl-]. The highest BCUT2D eigenvalue weighted by Gasteiger charge is 2.30. The first-order valence-corrected chi connectivity index (χ1v) is 11.0. The third-order valence-corrected chi connectivity index (χ3v) is 6.18. The van der Waals surface area contributed by atoms with Gasteiger partial charge in [0, 0.05) is 12.0 Å². The Labute approximate surface area is 202 Å². The van der Waals surface area contributed by atoms with E-state index in [9.17, 15) is 4.39 Å². The first-order valence-electron chi connectivity index (χ1n) is 11.0. The third-order valence-electron chi connectivity index (χ3n) is 6.18. The molecule has 1 aliphatic heterocycles. The van der Waals surface area contributed by atoms with Gasteiger partial charge in [0.15, 0.2) is 18.0 Å². The van der Waals surface area contributed by atoms with Crippen molar-refractivity contribution in [3.63, 3.8) is 0 Å². The van der Waals surface area contributed by atoms with Gasteiger partial charge in [-0.2, -0.15) is 0 Å². The zero-order valence-electron chi connectivity index (χ0n) is 19.9. The van der Waals surface area contributed by atoms with Gasteiger partial charge in [0.1, 0.15) is 12.4 Å². The summed E-state index contributed by atoms with van der Waals surface area (Å²) in [6.07, 6.45) is 0.855. The molecule has 0 bridgehead atoms. The van der Waals surface area contributed by atoms with Crippen LogP contribution in [0.5, 0.6) is 11.5 Å². The highest BCUT2D eigenvalue weighted by molar-refractivity contribution is 6.11. The fourth-order valence-corrected chi connectivity index (χ4v) is 4.34. The average molecular weight is 468 g/mol. The van der Waals surface area contributed by atoms with Crippen LogP contribution < -0.4 is 21.9 Å². The molecule has 0 saturated heterocycles. The van der Waals surface area contributed by atoms with Gasteiger partial charge in [-0.15, -0.1) is 0 Å². The summed E-state index contributed by atoms with van der Waals surface area (Å²) < 4.78 is 27.9. The standard InChI is InChI=1S/C28H31FNO2.ClH/c1-28(2,3)22-12-10-19(11-13-22)27-23-17-26(32-5)25(31-4)16-20(23)14-15-30(27)18-21-8-6-7-9-24(21)29;/h6-13,16-17H,14-15,18H2,1-5H3;1H/q+1;/p-1. The molecule has 1 aliphatic rings. The number of fused-ring (bicyclic) bond motifs is 1. The lowest BCUT2D eigenvalue weighted by Gasteiger charge is -2.22. The molecule has 0 radical (unpaired) electrons. The van der Waals surface area contributed by atoms with Crippen molar-refractivity contribution in [3.05, 3.63) is 94.3 Å². The molecule has 0 N–H and O–H groups in total. The maximum Gasteiger partial charge on any atom is 0.215 e. The fourth-order valence-electron chi connectivity index (χ4n) is 4.34. The molecule has 0 spiro atoms. The van der Waals surface area contributed by atoms with E-state index in [1.807, 2.05) is 12.1 Å². The summed E-state index contributed by atoms with van der Waals surface area (Å²) in [6, 6.07) is 19.9. The van der Waals surface area contributed by atoms with Crippen molar-refractivity contribution in [3.8, 4) is 11.5 Å². The van der Waals surface area contributed by atoms with E-state index in [0.29, 0.717) is 17.9 Å². The van der Waals surface area contributed by atoms with Crippen LogP contribution >= 0.6 is 0 Å². The van der Waals surface area contributed by atoms with Gasteiger partial charge in [-0.25, -0.2) is 8.97 Å². The van der Waals surface area contributed by atoms with Crippen LogP contribution in [0.1, 0.15) is 48.6 Å². The van der Waals surface area contributed by atoms with E-state index in [2.05, 4.69) is 61.7 Å². The van der Waals surface area contributed by atoms with Crippen LogP contribution in [-0.4, -0.2) is 31.1 Å². The quantitative estimate of drug-likeness (QED) is 0.538. The number of hydrogen-bond donors (Lipinski definition) is 0. The Kier molecular flexibility index (Phi) is 7.48. The lowest BCUT2D eigenvalue weighted by molar-refractivity contribution is -0.544. The van der Waals surface area contributed by atoms with Crippen molar-refractivity contribution in [2.75, 3.05) is 20.8 Å². The molecule has 1 heterocycles. The van der Waals surface area contributed by atoms with Gasteiger partial charge in [0.2, 0.25) is 5.71 Å². The lowest BCUT2D eigenvalue weighted by Crippen LogP contribution is -3.00. The van der Waals surface area contributed by atoms with Crippen LogP contribution in [0.2, 0.25) is 0 Å². The maximum atomic E-state index is 14.5. The first kappa shape index (κ1) is 24.8. The van der Waals surface area contributed by atoms with Crippen LogP contribution in [0.4, 0.5) is 4.39 Å². The fraction of sp³-hybridized carbons (Fsp3) is 0.321. The first-order chi connectivity index (χ1) is 15.3. The van der Waals surface area contributed by atoms with Crippen LogP contribution in [0.15, 0.2) is 60.7 Å². The van der Waals surface area contributed by atoms with Crippen LogP contribution in [0.25, 0.3) is 0 Å². The molecule has 4 rings (SSSR count). The zero-order valence-corrected chi connectivity index (χ0v) is 20.7. The highest BCUT2D eigenvalue weighted by Crippen LogP contribution is 2.34. The number of nitrogens with zero attached hydrogens (tertiary/aromatic N) is 1. The molecule has 0 fully saturated rings. The highest BCUT2D eigenvalue weighted by atomic mass is 35.5. The Bertz CT molecular complexity index is 1160. The third kappa shape index (κ3) is 5.06. The average Bonchev–Trinajstić information content (AvgIpc) is 2.79. The Morgan fingerprint density at radius 1 is 0.909 bits per heavy atom. The maximum absolute atomic E-state index is 14.5. The smallest absolute Gasteiger partial charge is 0.215 e. The number of benzene rings is 3. The van der Waals surface area contributed by atoms with Gasteiger partial charge >= 0.3 is 0 Å². The second-order valence-electron chi connectivity index (χ2n) is 9.30.